The van der Waals surface area contributed by atoms with Crippen molar-refractivity contribution in [1.29, 1.82) is 0 Å². The first-order valence-electron chi connectivity index (χ1n) is 6.58. The van der Waals surface area contributed by atoms with Gasteiger partial charge in [-0.1, -0.05) is 6.07 Å². The molecule has 20 heavy (non-hydrogen) atoms. The van der Waals surface area contributed by atoms with Crippen molar-refractivity contribution in [2.24, 2.45) is 5.73 Å². The van der Waals surface area contributed by atoms with Crippen LogP contribution in [0.3, 0.4) is 0 Å². The largest absolute Gasteiger partial charge is 0.490 e. The highest BCUT2D eigenvalue weighted by molar-refractivity contribution is 5.44. The number of hydrogen-bond donors (Lipinski definition) is 1. The molecule has 0 amide bonds. The maximum atomic E-state index is 5.76. The Kier molecular flexibility index (Phi) is 4.53. The number of aromatic nitrogens is 2. The second-order valence-corrected chi connectivity index (χ2v) is 4.40. The van der Waals surface area contributed by atoms with Gasteiger partial charge in [0.25, 0.3) is 0 Å². The van der Waals surface area contributed by atoms with E-state index in [0.29, 0.717) is 30.5 Å². The molecule has 0 fully saturated rings. The normalized spacial score (nSPS) is 10.4. The number of aryl methyl sites for hydroxylation is 2. The third-order valence-electron chi connectivity index (χ3n) is 2.93. The number of nitrogens with zero attached hydrogens (tertiary/aromatic N) is 2. The number of benzene rings is 1. The fourth-order valence-electron chi connectivity index (χ4n) is 1.71. The lowest BCUT2D eigenvalue weighted by molar-refractivity contribution is 0.318. The third-order valence-corrected chi connectivity index (χ3v) is 2.93. The van der Waals surface area contributed by atoms with Gasteiger partial charge in [-0.25, -0.2) is 4.98 Å². The number of nitrogens with two attached hydrogens (primary N) is 1. The summed E-state index contributed by atoms with van der Waals surface area (Å²) in [6.07, 6.45) is 1.61. The highest BCUT2D eigenvalue weighted by Gasteiger charge is 2.09. The number of ether oxygens (including phenoxy) is 2. The van der Waals surface area contributed by atoms with E-state index in [0.717, 1.165) is 17.0 Å². The van der Waals surface area contributed by atoms with Gasteiger partial charge >= 0.3 is 0 Å². The van der Waals surface area contributed by atoms with Crippen LogP contribution in [0.4, 0.5) is 0 Å². The summed E-state index contributed by atoms with van der Waals surface area (Å²) in [5.41, 5.74) is 8.36. The van der Waals surface area contributed by atoms with Gasteiger partial charge in [-0.2, -0.15) is 0 Å². The van der Waals surface area contributed by atoms with Crippen LogP contribution in [0, 0.1) is 13.8 Å². The van der Waals surface area contributed by atoms with Gasteiger partial charge in [-0.05, 0) is 38.5 Å². The van der Waals surface area contributed by atoms with Crippen LogP contribution in [0.15, 0.2) is 24.4 Å². The second-order valence-electron chi connectivity index (χ2n) is 4.40. The molecular formula is C15H19N3O2. The summed E-state index contributed by atoms with van der Waals surface area (Å²) >= 11 is 0. The average molecular weight is 273 g/mol. The molecule has 0 aliphatic heterocycles. The maximum Gasteiger partial charge on any atom is 0.238 e. The van der Waals surface area contributed by atoms with Crippen LogP contribution in [0.25, 0.3) is 0 Å². The molecule has 0 aliphatic rings. The average Bonchev–Trinajstić information content (AvgIpc) is 2.45. The molecule has 5 heteroatoms. The van der Waals surface area contributed by atoms with Crippen LogP contribution >= 0.6 is 0 Å². The first kappa shape index (κ1) is 14.3. The summed E-state index contributed by atoms with van der Waals surface area (Å²) in [6.45, 7) is 6.76. The van der Waals surface area contributed by atoms with Gasteiger partial charge in [0.1, 0.15) is 0 Å². The van der Waals surface area contributed by atoms with E-state index in [1.807, 2.05) is 39.0 Å². The van der Waals surface area contributed by atoms with Gasteiger partial charge in [0, 0.05) is 6.54 Å². The van der Waals surface area contributed by atoms with Crippen LogP contribution in [0.2, 0.25) is 0 Å². The Morgan fingerprint density at radius 1 is 1.15 bits per heavy atom. The predicted octanol–water partition coefficient (Wildman–Crippen LogP) is 2.74. The SMILES string of the molecule is CCOc1cc(CN)ccc1Oc1cnc(C)c(C)n1. The van der Waals surface area contributed by atoms with Gasteiger partial charge in [0.2, 0.25) is 5.88 Å². The minimum absolute atomic E-state index is 0.453. The Balaban J connectivity index is 2.29. The monoisotopic (exact) mass is 273 g/mol. The quantitative estimate of drug-likeness (QED) is 0.907. The van der Waals surface area contributed by atoms with Gasteiger partial charge in [0.05, 0.1) is 24.2 Å². The van der Waals surface area contributed by atoms with Crippen molar-refractivity contribution in [2.75, 3.05) is 6.61 Å². The van der Waals surface area contributed by atoms with Gasteiger partial charge in [-0.3, -0.25) is 4.98 Å². The topological polar surface area (TPSA) is 70.3 Å². The zero-order valence-electron chi connectivity index (χ0n) is 12.0. The fraction of sp³-hybridized carbons (Fsp3) is 0.333. The lowest BCUT2D eigenvalue weighted by Gasteiger charge is -2.12. The standard InChI is InChI=1S/C15H19N3O2/c1-4-19-14-7-12(8-16)5-6-13(14)20-15-9-17-10(2)11(3)18-15/h5-7,9H,4,8,16H2,1-3H3. The van der Waals surface area contributed by atoms with Crippen LogP contribution in [-0.2, 0) is 6.54 Å². The zero-order valence-corrected chi connectivity index (χ0v) is 12.0. The van der Waals surface area contributed by atoms with Crippen molar-refractivity contribution in [2.45, 2.75) is 27.3 Å². The van der Waals surface area contributed by atoms with Gasteiger partial charge in [-0.15, -0.1) is 0 Å². The van der Waals surface area contributed by atoms with E-state index in [2.05, 4.69) is 9.97 Å². The molecular weight excluding hydrogens is 254 g/mol. The van der Waals surface area contributed by atoms with E-state index in [1.165, 1.54) is 0 Å². The van der Waals surface area contributed by atoms with E-state index in [4.69, 9.17) is 15.2 Å². The number of hydrogen-bond acceptors (Lipinski definition) is 5. The molecule has 0 unspecified atom stereocenters. The van der Waals surface area contributed by atoms with Crippen LogP contribution in [0.1, 0.15) is 23.9 Å². The molecule has 0 bridgehead atoms. The van der Waals surface area contributed by atoms with Gasteiger partial charge in [0.15, 0.2) is 11.5 Å². The van der Waals surface area contributed by atoms with Crippen LogP contribution < -0.4 is 15.2 Å². The van der Waals surface area contributed by atoms with Crippen molar-refractivity contribution in [3.05, 3.63) is 41.3 Å². The predicted molar refractivity (Wildman–Crippen MR) is 77.1 cm³/mol. The molecule has 2 rings (SSSR count). The van der Waals surface area contributed by atoms with Crippen molar-refractivity contribution in [3.63, 3.8) is 0 Å². The molecule has 0 radical (unpaired) electrons. The van der Waals surface area contributed by atoms with E-state index in [9.17, 15) is 0 Å². The lowest BCUT2D eigenvalue weighted by atomic mass is 10.2. The summed E-state index contributed by atoms with van der Waals surface area (Å²) in [7, 11) is 0. The number of rotatable bonds is 5. The molecule has 106 valence electrons. The molecule has 0 saturated carbocycles. The second kappa shape index (κ2) is 6.34. The van der Waals surface area contributed by atoms with Crippen LogP contribution in [-0.4, -0.2) is 16.6 Å². The lowest BCUT2D eigenvalue weighted by Crippen LogP contribution is -2.01. The highest BCUT2D eigenvalue weighted by atomic mass is 16.5. The Hall–Kier alpha value is -2.14. The van der Waals surface area contributed by atoms with Crippen LogP contribution in [0.5, 0.6) is 17.4 Å². The molecule has 5 nitrogen and oxygen atoms in total. The first-order valence-corrected chi connectivity index (χ1v) is 6.58. The summed E-state index contributed by atoms with van der Waals surface area (Å²) in [5, 5.41) is 0. The summed E-state index contributed by atoms with van der Waals surface area (Å²) < 4.78 is 11.3. The molecule has 0 saturated heterocycles. The third kappa shape index (κ3) is 3.24. The smallest absolute Gasteiger partial charge is 0.238 e. The molecule has 1 aromatic heterocycles. The summed E-state index contributed by atoms with van der Waals surface area (Å²) in [5.74, 6) is 1.73. The molecule has 2 N–H and O–H groups in total. The zero-order chi connectivity index (χ0) is 14.5. The van der Waals surface area contributed by atoms with E-state index < -0.39 is 0 Å². The van der Waals surface area contributed by atoms with Crippen molar-refractivity contribution >= 4 is 0 Å². The minimum atomic E-state index is 0.453. The molecule has 0 spiro atoms. The summed E-state index contributed by atoms with van der Waals surface area (Å²) in [4.78, 5) is 8.58. The fourth-order valence-corrected chi connectivity index (χ4v) is 1.71. The van der Waals surface area contributed by atoms with Crippen molar-refractivity contribution in [1.82, 2.24) is 9.97 Å². The maximum absolute atomic E-state index is 5.76. The molecule has 1 aromatic carbocycles. The summed E-state index contributed by atoms with van der Waals surface area (Å²) in [6, 6.07) is 5.63. The van der Waals surface area contributed by atoms with Crippen molar-refractivity contribution in [3.8, 4) is 17.4 Å². The van der Waals surface area contributed by atoms with E-state index in [-0.39, 0.29) is 0 Å². The van der Waals surface area contributed by atoms with E-state index in [1.54, 1.807) is 6.20 Å². The van der Waals surface area contributed by atoms with Gasteiger partial charge < -0.3 is 15.2 Å². The molecule has 1 heterocycles. The Morgan fingerprint density at radius 3 is 2.60 bits per heavy atom. The Labute approximate surface area is 118 Å². The Morgan fingerprint density at radius 2 is 1.95 bits per heavy atom. The minimum Gasteiger partial charge on any atom is -0.490 e. The first-order chi connectivity index (χ1) is 9.63. The highest BCUT2D eigenvalue weighted by Crippen LogP contribution is 2.31. The van der Waals surface area contributed by atoms with E-state index >= 15 is 0 Å². The Bertz CT molecular complexity index is 600. The molecule has 0 aliphatic carbocycles. The molecule has 2 aromatic rings. The van der Waals surface area contributed by atoms with Crippen molar-refractivity contribution < 1.29 is 9.47 Å². The molecule has 0 atom stereocenters.